The third-order valence-corrected chi connectivity index (χ3v) is 0.552. The highest BCUT2D eigenvalue weighted by molar-refractivity contribution is 4.95. The lowest BCUT2D eigenvalue weighted by atomic mass is 10.6. The molecule has 0 aromatic carbocycles. The third-order valence-electron chi connectivity index (χ3n) is 0.552. The Morgan fingerprint density at radius 3 is 1.67 bits per heavy atom. The first-order valence-corrected chi connectivity index (χ1v) is 2.40. The van der Waals surface area contributed by atoms with Crippen LogP contribution in [0.4, 0.5) is 30.7 Å². The van der Waals surface area contributed by atoms with E-state index in [4.69, 9.17) is 0 Å². The monoisotopic (exact) mass is 197 g/mol. The van der Waals surface area contributed by atoms with Crippen LogP contribution < -0.4 is 5.32 Å². The molecule has 0 bridgehead atoms. The molecular formula is C4H2F7N. The standard InChI is InChI=1S/C4H2F7N/c5-2(1-3(6,7)8)12-4(9,10)11/h1,12H/b2-1+. The van der Waals surface area contributed by atoms with Crippen LogP contribution in [0.1, 0.15) is 0 Å². The van der Waals surface area contributed by atoms with Crippen LogP contribution in [0, 0.1) is 0 Å². The Bertz CT molecular complexity index is 175. The lowest BCUT2D eigenvalue weighted by Crippen LogP contribution is -2.30. The van der Waals surface area contributed by atoms with E-state index in [9.17, 15) is 30.7 Å². The molecular weight excluding hydrogens is 195 g/mol. The van der Waals surface area contributed by atoms with Crippen LogP contribution in [0.2, 0.25) is 0 Å². The molecule has 72 valence electrons. The molecule has 0 heterocycles. The average Bonchev–Trinajstić information content (AvgIpc) is 1.49. The lowest BCUT2D eigenvalue weighted by molar-refractivity contribution is -0.154. The number of nitrogens with one attached hydrogen (secondary N) is 1. The lowest BCUT2D eigenvalue weighted by Gasteiger charge is -2.07. The molecule has 1 N–H and O–H groups in total. The Morgan fingerprint density at radius 1 is 1.00 bits per heavy atom. The molecule has 0 spiro atoms. The van der Waals surface area contributed by atoms with E-state index in [1.165, 1.54) is 0 Å². The van der Waals surface area contributed by atoms with Crippen LogP contribution in [-0.4, -0.2) is 12.5 Å². The van der Waals surface area contributed by atoms with Gasteiger partial charge in [0.05, 0.1) is 6.08 Å². The summed E-state index contributed by atoms with van der Waals surface area (Å²) < 4.78 is 78.5. The summed E-state index contributed by atoms with van der Waals surface area (Å²) in [5, 5.41) is 0.0501. The summed E-state index contributed by atoms with van der Waals surface area (Å²) in [7, 11) is 0. The van der Waals surface area contributed by atoms with Crippen molar-refractivity contribution in [3.8, 4) is 0 Å². The minimum absolute atomic E-state index is 0.0501. The fraction of sp³-hybridized carbons (Fsp3) is 0.500. The van der Waals surface area contributed by atoms with Crippen molar-refractivity contribution in [2.24, 2.45) is 0 Å². The van der Waals surface area contributed by atoms with E-state index in [-0.39, 0.29) is 5.32 Å². The van der Waals surface area contributed by atoms with Gasteiger partial charge in [-0.25, -0.2) is 0 Å². The number of halogens is 7. The molecule has 0 fully saturated rings. The van der Waals surface area contributed by atoms with Gasteiger partial charge in [-0.15, -0.1) is 0 Å². The number of hydrogen-bond donors (Lipinski definition) is 1. The van der Waals surface area contributed by atoms with Crippen molar-refractivity contribution in [2.75, 3.05) is 0 Å². The topological polar surface area (TPSA) is 12.0 Å². The first-order valence-electron chi connectivity index (χ1n) is 2.40. The van der Waals surface area contributed by atoms with Gasteiger partial charge in [-0.3, -0.25) is 5.32 Å². The van der Waals surface area contributed by atoms with Gasteiger partial charge in [0.25, 0.3) is 0 Å². The fourth-order valence-electron chi connectivity index (χ4n) is 0.315. The molecule has 8 heteroatoms. The zero-order chi connectivity index (χ0) is 9.99. The van der Waals surface area contributed by atoms with Gasteiger partial charge in [-0.2, -0.15) is 30.7 Å². The summed E-state index contributed by atoms with van der Waals surface area (Å²) in [6.07, 6.45) is -11.4. The number of alkyl halides is 6. The molecule has 0 saturated carbocycles. The van der Waals surface area contributed by atoms with Crippen molar-refractivity contribution < 1.29 is 30.7 Å². The van der Waals surface area contributed by atoms with Crippen molar-refractivity contribution in [3.63, 3.8) is 0 Å². The summed E-state index contributed by atoms with van der Waals surface area (Å²) in [5.74, 6) is -2.49. The predicted octanol–water partition coefficient (Wildman–Crippen LogP) is 2.47. The van der Waals surface area contributed by atoms with Crippen LogP contribution in [0.3, 0.4) is 0 Å². The van der Waals surface area contributed by atoms with Crippen molar-refractivity contribution in [1.82, 2.24) is 5.32 Å². The van der Waals surface area contributed by atoms with Gasteiger partial charge in [-0.05, 0) is 0 Å². The zero-order valence-corrected chi connectivity index (χ0v) is 5.22. The van der Waals surface area contributed by atoms with E-state index in [2.05, 4.69) is 0 Å². The quantitative estimate of drug-likeness (QED) is 0.502. The minimum atomic E-state index is -5.20. The summed E-state index contributed by atoms with van der Waals surface area (Å²) in [4.78, 5) is 0. The number of allylic oxidation sites excluding steroid dienone is 1. The molecule has 0 aliphatic carbocycles. The second kappa shape index (κ2) is 3.20. The van der Waals surface area contributed by atoms with Crippen LogP contribution in [-0.2, 0) is 0 Å². The molecule has 0 aromatic heterocycles. The summed E-state index contributed by atoms with van der Waals surface area (Å²) >= 11 is 0. The maximum absolute atomic E-state index is 11.7. The Balaban J connectivity index is 4.23. The molecule has 0 atom stereocenters. The smallest absolute Gasteiger partial charge is 0.273 e. The van der Waals surface area contributed by atoms with Crippen LogP contribution >= 0.6 is 0 Å². The van der Waals surface area contributed by atoms with Gasteiger partial charge in [0.1, 0.15) is 0 Å². The van der Waals surface area contributed by atoms with Crippen LogP contribution in [0.25, 0.3) is 0 Å². The normalized spacial score (nSPS) is 14.8. The highest BCUT2D eigenvalue weighted by Crippen LogP contribution is 2.20. The zero-order valence-electron chi connectivity index (χ0n) is 5.22. The van der Waals surface area contributed by atoms with Crippen molar-refractivity contribution in [3.05, 3.63) is 12.0 Å². The van der Waals surface area contributed by atoms with E-state index < -0.39 is 24.5 Å². The van der Waals surface area contributed by atoms with Gasteiger partial charge >= 0.3 is 12.5 Å². The highest BCUT2D eigenvalue weighted by Gasteiger charge is 2.32. The van der Waals surface area contributed by atoms with E-state index in [1.54, 1.807) is 0 Å². The Hall–Kier alpha value is -0.950. The van der Waals surface area contributed by atoms with Gasteiger partial charge in [0.2, 0.25) is 0 Å². The predicted molar refractivity (Wildman–Crippen MR) is 24.4 cm³/mol. The minimum Gasteiger partial charge on any atom is -0.273 e. The molecule has 0 amide bonds. The van der Waals surface area contributed by atoms with Crippen LogP contribution in [0.15, 0.2) is 12.0 Å². The van der Waals surface area contributed by atoms with E-state index in [0.717, 1.165) is 0 Å². The van der Waals surface area contributed by atoms with Gasteiger partial charge < -0.3 is 0 Å². The van der Waals surface area contributed by atoms with E-state index >= 15 is 0 Å². The third kappa shape index (κ3) is 7.16. The Labute approximate surface area is 61.9 Å². The molecule has 0 saturated heterocycles. The summed E-state index contributed by atoms with van der Waals surface area (Å²) in [6.45, 7) is 0. The van der Waals surface area contributed by atoms with Gasteiger partial charge in [-0.1, -0.05) is 0 Å². The van der Waals surface area contributed by atoms with E-state index in [1.807, 2.05) is 0 Å². The van der Waals surface area contributed by atoms with Crippen molar-refractivity contribution in [1.29, 1.82) is 0 Å². The molecule has 0 radical (unpaired) electrons. The average molecular weight is 197 g/mol. The van der Waals surface area contributed by atoms with Crippen molar-refractivity contribution in [2.45, 2.75) is 12.5 Å². The SMILES string of the molecule is F/C(=C\C(F)(F)F)NC(F)(F)F. The Kier molecular flexibility index (Phi) is 2.94. The fourth-order valence-corrected chi connectivity index (χ4v) is 0.315. The van der Waals surface area contributed by atoms with Crippen molar-refractivity contribution >= 4 is 0 Å². The first-order chi connectivity index (χ1) is 5.10. The van der Waals surface area contributed by atoms with Gasteiger partial charge in [0.15, 0.2) is 5.95 Å². The number of hydrogen-bond acceptors (Lipinski definition) is 1. The van der Waals surface area contributed by atoms with E-state index in [0.29, 0.717) is 0 Å². The maximum Gasteiger partial charge on any atom is 0.484 e. The van der Waals surface area contributed by atoms with Gasteiger partial charge in [0, 0.05) is 0 Å². The van der Waals surface area contributed by atoms with Crippen LogP contribution in [0.5, 0.6) is 0 Å². The molecule has 1 nitrogen and oxygen atoms in total. The maximum atomic E-state index is 11.7. The summed E-state index contributed by atoms with van der Waals surface area (Å²) in [5.41, 5.74) is 0. The number of rotatable bonds is 1. The molecule has 0 aliphatic heterocycles. The molecule has 0 unspecified atom stereocenters. The summed E-state index contributed by atoms with van der Waals surface area (Å²) in [6, 6.07) is 0. The molecule has 12 heavy (non-hydrogen) atoms. The second-order valence-corrected chi connectivity index (χ2v) is 1.66. The first kappa shape index (κ1) is 11.1. The second-order valence-electron chi connectivity index (χ2n) is 1.66. The Morgan fingerprint density at radius 2 is 1.42 bits per heavy atom. The highest BCUT2D eigenvalue weighted by atomic mass is 19.4. The molecule has 0 rings (SSSR count). The molecule has 0 aromatic rings. The molecule has 0 aliphatic rings. The largest absolute Gasteiger partial charge is 0.484 e.